The standard InChI is InChI=1S/C11H12F2O/c12-11(13)10(14)9-5-3-8(4-6-9)7-1-2-7/h3-7,10-11,14H,1-2H2. The first-order chi connectivity index (χ1) is 6.68. The molecule has 0 aliphatic heterocycles. The van der Waals surface area contributed by atoms with Crippen molar-refractivity contribution in [2.75, 3.05) is 0 Å². The molecule has 1 unspecified atom stereocenters. The van der Waals surface area contributed by atoms with Crippen LogP contribution in [0.1, 0.15) is 36.0 Å². The lowest BCUT2D eigenvalue weighted by molar-refractivity contribution is -0.00578. The number of aliphatic hydroxyl groups excluding tert-OH is 1. The van der Waals surface area contributed by atoms with Crippen molar-refractivity contribution in [3.63, 3.8) is 0 Å². The number of halogens is 2. The molecule has 14 heavy (non-hydrogen) atoms. The Bertz CT molecular complexity index is 304. The zero-order valence-electron chi connectivity index (χ0n) is 7.66. The summed E-state index contributed by atoms with van der Waals surface area (Å²) in [5.74, 6) is 0.618. The molecule has 1 aromatic carbocycles. The van der Waals surface area contributed by atoms with Crippen LogP contribution in [0.3, 0.4) is 0 Å². The van der Waals surface area contributed by atoms with Gasteiger partial charge in [-0.15, -0.1) is 0 Å². The van der Waals surface area contributed by atoms with Gasteiger partial charge in [0.1, 0.15) is 6.10 Å². The second-order valence-electron chi connectivity index (χ2n) is 3.72. The minimum atomic E-state index is -2.71. The van der Waals surface area contributed by atoms with E-state index in [1.807, 2.05) is 12.1 Å². The van der Waals surface area contributed by atoms with Gasteiger partial charge >= 0.3 is 0 Å². The molecule has 2 rings (SSSR count). The van der Waals surface area contributed by atoms with Crippen LogP contribution in [0.5, 0.6) is 0 Å². The van der Waals surface area contributed by atoms with Gasteiger partial charge in [0, 0.05) is 0 Å². The van der Waals surface area contributed by atoms with E-state index < -0.39 is 12.5 Å². The minimum Gasteiger partial charge on any atom is -0.382 e. The molecule has 0 heterocycles. The second-order valence-corrected chi connectivity index (χ2v) is 3.72. The average molecular weight is 198 g/mol. The SMILES string of the molecule is OC(c1ccc(C2CC2)cc1)C(F)F. The van der Waals surface area contributed by atoms with Crippen LogP contribution >= 0.6 is 0 Å². The van der Waals surface area contributed by atoms with E-state index in [9.17, 15) is 8.78 Å². The van der Waals surface area contributed by atoms with Gasteiger partial charge < -0.3 is 5.11 Å². The molecule has 0 aromatic heterocycles. The summed E-state index contributed by atoms with van der Waals surface area (Å²) in [6.45, 7) is 0. The maximum absolute atomic E-state index is 12.1. The van der Waals surface area contributed by atoms with Gasteiger partial charge in [-0.05, 0) is 29.9 Å². The van der Waals surface area contributed by atoms with Gasteiger partial charge in [0.2, 0.25) is 0 Å². The van der Waals surface area contributed by atoms with Crippen LogP contribution < -0.4 is 0 Å². The Labute approximate surface area is 81.4 Å². The molecule has 0 spiro atoms. The molecule has 0 amide bonds. The lowest BCUT2D eigenvalue weighted by Crippen LogP contribution is -2.07. The Morgan fingerprint density at radius 2 is 1.71 bits per heavy atom. The summed E-state index contributed by atoms with van der Waals surface area (Å²) in [7, 11) is 0. The fourth-order valence-corrected chi connectivity index (χ4v) is 1.53. The highest BCUT2D eigenvalue weighted by Crippen LogP contribution is 2.40. The van der Waals surface area contributed by atoms with Crippen molar-refractivity contribution in [3.05, 3.63) is 35.4 Å². The van der Waals surface area contributed by atoms with Crippen LogP contribution in [-0.4, -0.2) is 11.5 Å². The summed E-state index contributed by atoms with van der Waals surface area (Å²) in [6.07, 6.45) is -1.97. The quantitative estimate of drug-likeness (QED) is 0.791. The zero-order chi connectivity index (χ0) is 10.1. The van der Waals surface area contributed by atoms with Gasteiger partial charge in [0.15, 0.2) is 0 Å². The first-order valence-corrected chi connectivity index (χ1v) is 4.74. The monoisotopic (exact) mass is 198 g/mol. The molecule has 1 aliphatic carbocycles. The minimum absolute atomic E-state index is 0.296. The summed E-state index contributed by atoms with van der Waals surface area (Å²) >= 11 is 0. The Hall–Kier alpha value is -0.960. The second kappa shape index (κ2) is 3.65. The van der Waals surface area contributed by atoms with Crippen molar-refractivity contribution in [1.82, 2.24) is 0 Å². The van der Waals surface area contributed by atoms with E-state index in [0.29, 0.717) is 11.5 Å². The molecular formula is C11H12F2O. The molecule has 1 aliphatic rings. The number of aliphatic hydroxyl groups is 1. The van der Waals surface area contributed by atoms with Crippen LogP contribution in [0.2, 0.25) is 0 Å². The molecule has 76 valence electrons. The summed E-state index contributed by atoms with van der Waals surface area (Å²) in [5.41, 5.74) is 1.49. The van der Waals surface area contributed by atoms with Gasteiger partial charge in [-0.25, -0.2) is 8.78 Å². The zero-order valence-corrected chi connectivity index (χ0v) is 7.66. The molecule has 0 bridgehead atoms. The largest absolute Gasteiger partial charge is 0.382 e. The van der Waals surface area contributed by atoms with Crippen LogP contribution in [0.25, 0.3) is 0 Å². The predicted molar refractivity (Wildman–Crippen MR) is 49.4 cm³/mol. The molecule has 1 fully saturated rings. The third-order valence-electron chi connectivity index (χ3n) is 2.57. The van der Waals surface area contributed by atoms with Gasteiger partial charge in [-0.1, -0.05) is 24.3 Å². The average Bonchev–Trinajstić information content (AvgIpc) is 3.00. The maximum atomic E-state index is 12.1. The maximum Gasteiger partial charge on any atom is 0.268 e. The summed E-state index contributed by atoms with van der Waals surface area (Å²) in [4.78, 5) is 0. The third-order valence-corrected chi connectivity index (χ3v) is 2.57. The lowest BCUT2D eigenvalue weighted by atomic mass is 10.0. The highest BCUT2D eigenvalue weighted by Gasteiger charge is 2.24. The van der Waals surface area contributed by atoms with Gasteiger partial charge in [0.25, 0.3) is 6.43 Å². The number of rotatable bonds is 3. The number of alkyl halides is 2. The Morgan fingerprint density at radius 3 is 2.14 bits per heavy atom. The third kappa shape index (κ3) is 1.93. The van der Waals surface area contributed by atoms with Gasteiger partial charge in [-0.2, -0.15) is 0 Å². The van der Waals surface area contributed by atoms with E-state index in [2.05, 4.69) is 0 Å². The molecular weight excluding hydrogens is 186 g/mol. The van der Waals surface area contributed by atoms with Gasteiger partial charge in [-0.3, -0.25) is 0 Å². The Kier molecular flexibility index (Phi) is 2.50. The van der Waals surface area contributed by atoms with E-state index in [0.717, 1.165) is 0 Å². The topological polar surface area (TPSA) is 20.2 Å². The van der Waals surface area contributed by atoms with Crippen LogP contribution in [0, 0.1) is 0 Å². The number of hydrogen-bond donors (Lipinski definition) is 1. The van der Waals surface area contributed by atoms with Crippen LogP contribution in [0.4, 0.5) is 8.78 Å². The lowest BCUT2D eigenvalue weighted by Gasteiger charge is -2.09. The predicted octanol–water partition coefficient (Wildman–Crippen LogP) is 2.86. The summed E-state index contributed by atoms with van der Waals surface area (Å²) < 4.78 is 24.3. The first-order valence-electron chi connectivity index (χ1n) is 4.74. The highest BCUT2D eigenvalue weighted by molar-refractivity contribution is 5.29. The molecule has 1 nitrogen and oxygen atoms in total. The summed E-state index contributed by atoms with van der Waals surface area (Å²) in [5, 5.41) is 9.09. The normalized spacial score (nSPS) is 18.6. The molecule has 0 saturated heterocycles. The van der Waals surface area contributed by atoms with Crippen molar-refractivity contribution in [2.24, 2.45) is 0 Å². The smallest absolute Gasteiger partial charge is 0.268 e. The molecule has 1 saturated carbocycles. The van der Waals surface area contributed by atoms with Crippen molar-refractivity contribution < 1.29 is 13.9 Å². The molecule has 1 aromatic rings. The van der Waals surface area contributed by atoms with E-state index >= 15 is 0 Å². The molecule has 1 atom stereocenters. The Morgan fingerprint density at radius 1 is 1.14 bits per heavy atom. The number of benzene rings is 1. The van der Waals surface area contributed by atoms with E-state index in [1.165, 1.54) is 18.4 Å². The molecule has 0 radical (unpaired) electrons. The first kappa shape index (κ1) is 9.59. The van der Waals surface area contributed by atoms with Crippen LogP contribution in [-0.2, 0) is 0 Å². The fourth-order valence-electron chi connectivity index (χ4n) is 1.53. The van der Waals surface area contributed by atoms with Crippen molar-refractivity contribution in [2.45, 2.75) is 31.3 Å². The van der Waals surface area contributed by atoms with E-state index in [-0.39, 0.29) is 0 Å². The van der Waals surface area contributed by atoms with Crippen LogP contribution in [0.15, 0.2) is 24.3 Å². The van der Waals surface area contributed by atoms with E-state index in [1.54, 1.807) is 12.1 Å². The van der Waals surface area contributed by atoms with Crippen molar-refractivity contribution in [3.8, 4) is 0 Å². The Balaban J connectivity index is 2.12. The van der Waals surface area contributed by atoms with Gasteiger partial charge in [0.05, 0.1) is 0 Å². The molecule has 3 heteroatoms. The van der Waals surface area contributed by atoms with Crippen molar-refractivity contribution >= 4 is 0 Å². The number of hydrogen-bond acceptors (Lipinski definition) is 1. The molecule has 1 N–H and O–H groups in total. The highest BCUT2D eigenvalue weighted by atomic mass is 19.3. The van der Waals surface area contributed by atoms with Crippen molar-refractivity contribution in [1.29, 1.82) is 0 Å². The van der Waals surface area contributed by atoms with E-state index in [4.69, 9.17) is 5.11 Å². The summed E-state index contributed by atoms with van der Waals surface area (Å²) in [6, 6.07) is 6.84. The fraction of sp³-hybridized carbons (Fsp3) is 0.455.